The summed E-state index contributed by atoms with van der Waals surface area (Å²) in [6.07, 6.45) is 3.14. The molecule has 0 aliphatic carbocycles. The van der Waals surface area contributed by atoms with Crippen molar-refractivity contribution in [2.24, 2.45) is 0 Å². The fourth-order valence-corrected chi connectivity index (χ4v) is 3.31. The van der Waals surface area contributed by atoms with Gasteiger partial charge in [-0.3, -0.25) is 9.59 Å². The van der Waals surface area contributed by atoms with E-state index >= 15 is 0 Å². The van der Waals surface area contributed by atoms with E-state index in [0.29, 0.717) is 12.5 Å². The summed E-state index contributed by atoms with van der Waals surface area (Å²) < 4.78 is 2.09. The second-order valence-corrected chi connectivity index (χ2v) is 6.32. The summed E-state index contributed by atoms with van der Waals surface area (Å²) >= 11 is 0. The second kappa shape index (κ2) is 8.23. The van der Waals surface area contributed by atoms with E-state index < -0.39 is 5.97 Å². The predicted molar refractivity (Wildman–Crippen MR) is 88.6 cm³/mol. The molecule has 1 atom stereocenters. The number of hydrogen-bond acceptors (Lipinski definition) is 5. The molecule has 1 aromatic heterocycles. The van der Waals surface area contributed by atoms with Crippen LogP contribution in [0.25, 0.3) is 0 Å². The Labute approximate surface area is 142 Å². The highest BCUT2D eigenvalue weighted by Gasteiger charge is 2.34. The zero-order valence-corrected chi connectivity index (χ0v) is 14.7. The number of nitrogens with one attached hydrogen (secondary N) is 1. The number of carboxylic acid groups (broad SMARTS) is 1. The molecule has 0 bridgehead atoms. The van der Waals surface area contributed by atoms with E-state index in [-0.39, 0.29) is 11.9 Å². The van der Waals surface area contributed by atoms with Gasteiger partial charge < -0.3 is 19.9 Å². The minimum absolute atomic E-state index is 0.162. The van der Waals surface area contributed by atoms with Gasteiger partial charge in [0.2, 0.25) is 5.91 Å². The minimum Gasteiger partial charge on any atom is -0.481 e. The minimum atomic E-state index is -0.833. The number of fused-ring (bicyclic) bond motifs is 1. The van der Waals surface area contributed by atoms with Crippen LogP contribution in [-0.4, -0.2) is 56.3 Å². The molecule has 0 spiro atoms. The van der Waals surface area contributed by atoms with Gasteiger partial charge in [-0.1, -0.05) is 6.92 Å². The SMILES string of the molecule is CC(=O)O.CCCN1Cc2nnc(C3CCNCC3)n2[C@@H](C)C1=O. The van der Waals surface area contributed by atoms with Crippen molar-refractivity contribution in [1.82, 2.24) is 25.0 Å². The molecule has 0 unspecified atom stereocenters. The number of nitrogens with zero attached hydrogens (tertiary/aromatic N) is 4. The van der Waals surface area contributed by atoms with Gasteiger partial charge in [-0.05, 0) is 39.3 Å². The molecule has 2 aliphatic rings. The van der Waals surface area contributed by atoms with Crippen LogP contribution in [0.3, 0.4) is 0 Å². The zero-order valence-electron chi connectivity index (χ0n) is 14.7. The van der Waals surface area contributed by atoms with Gasteiger partial charge in [-0.25, -0.2) is 0 Å². The summed E-state index contributed by atoms with van der Waals surface area (Å²) in [7, 11) is 0. The number of carboxylic acids is 1. The van der Waals surface area contributed by atoms with Crippen molar-refractivity contribution >= 4 is 11.9 Å². The molecule has 134 valence electrons. The van der Waals surface area contributed by atoms with E-state index in [1.165, 1.54) is 0 Å². The van der Waals surface area contributed by atoms with Crippen molar-refractivity contribution in [3.05, 3.63) is 11.6 Å². The Morgan fingerprint density at radius 1 is 1.33 bits per heavy atom. The number of rotatable bonds is 3. The topological polar surface area (TPSA) is 100 Å². The molecule has 0 aromatic carbocycles. The quantitative estimate of drug-likeness (QED) is 0.858. The number of piperidine rings is 1. The molecule has 8 heteroatoms. The van der Waals surface area contributed by atoms with E-state index in [0.717, 1.165) is 57.5 Å². The molecule has 24 heavy (non-hydrogen) atoms. The molecular formula is C16H27N5O3. The summed E-state index contributed by atoms with van der Waals surface area (Å²) in [6.45, 7) is 8.61. The first kappa shape index (κ1) is 18.4. The van der Waals surface area contributed by atoms with Gasteiger partial charge in [0, 0.05) is 19.4 Å². The Kier molecular flexibility index (Phi) is 6.30. The molecule has 2 N–H and O–H groups in total. The smallest absolute Gasteiger partial charge is 0.300 e. The fraction of sp³-hybridized carbons (Fsp3) is 0.750. The number of hydrogen-bond donors (Lipinski definition) is 2. The molecule has 3 rings (SSSR count). The lowest BCUT2D eigenvalue weighted by Gasteiger charge is -2.33. The van der Waals surface area contributed by atoms with Crippen LogP contribution >= 0.6 is 0 Å². The summed E-state index contributed by atoms with van der Waals surface area (Å²) in [4.78, 5) is 23.4. The maximum atomic E-state index is 12.4. The summed E-state index contributed by atoms with van der Waals surface area (Å²) in [6, 6.07) is -0.162. The summed E-state index contributed by atoms with van der Waals surface area (Å²) in [5, 5.41) is 19.5. The van der Waals surface area contributed by atoms with Crippen molar-refractivity contribution in [3.63, 3.8) is 0 Å². The second-order valence-electron chi connectivity index (χ2n) is 6.32. The van der Waals surface area contributed by atoms with Crippen molar-refractivity contribution < 1.29 is 14.7 Å². The van der Waals surface area contributed by atoms with Gasteiger partial charge in [0.1, 0.15) is 11.9 Å². The van der Waals surface area contributed by atoms with Crippen LogP contribution in [-0.2, 0) is 16.1 Å². The predicted octanol–water partition coefficient (Wildman–Crippen LogP) is 1.15. The largest absolute Gasteiger partial charge is 0.481 e. The van der Waals surface area contributed by atoms with Crippen LogP contribution < -0.4 is 5.32 Å². The van der Waals surface area contributed by atoms with Gasteiger partial charge >= 0.3 is 0 Å². The van der Waals surface area contributed by atoms with Gasteiger partial charge in [-0.2, -0.15) is 0 Å². The highest BCUT2D eigenvalue weighted by atomic mass is 16.4. The molecule has 2 aliphatic heterocycles. The molecule has 3 heterocycles. The molecule has 0 radical (unpaired) electrons. The third kappa shape index (κ3) is 4.11. The van der Waals surface area contributed by atoms with Crippen LogP contribution in [0.5, 0.6) is 0 Å². The summed E-state index contributed by atoms with van der Waals surface area (Å²) in [5.74, 6) is 1.76. The first-order valence-corrected chi connectivity index (χ1v) is 8.58. The van der Waals surface area contributed by atoms with E-state index in [2.05, 4.69) is 27.0 Å². The van der Waals surface area contributed by atoms with Gasteiger partial charge in [-0.15, -0.1) is 10.2 Å². The summed E-state index contributed by atoms with van der Waals surface area (Å²) in [5.41, 5.74) is 0. The van der Waals surface area contributed by atoms with Gasteiger partial charge in [0.15, 0.2) is 5.82 Å². The Hall–Kier alpha value is -1.96. The lowest BCUT2D eigenvalue weighted by atomic mass is 9.96. The number of aromatic nitrogens is 3. The van der Waals surface area contributed by atoms with E-state index in [9.17, 15) is 4.79 Å². The maximum Gasteiger partial charge on any atom is 0.300 e. The highest BCUT2D eigenvalue weighted by Crippen LogP contribution is 2.30. The first-order chi connectivity index (χ1) is 11.5. The Bertz CT molecular complexity index is 576. The zero-order chi connectivity index (χ0) is 17.7. The monoisotopic (exact) mass is 337 g/mol. The van der Waals surface area contributed by atoms with Crippen molar-refractivity contribution in [1.29, 1.82) is 0 Å². The third-order valence-corrected chi connectivity index (χ3v) is 4.38. The average molecular weight is 337 g/mol. The average Bonchev–Trinajstić information content (AvgIpc) is 2.97. The van der Waals surface area contributed by atoms with Crippen LogP contribution in [0, 0.1) is 0 Å². The number of amides is 1. The van der Waals surface area contributed by atoms with E-state index in [4.69, 9.17) is 9.90 Å². The number of carbonyl (C=O) groups excluding carboxylic acids is 1. The lowest BCUT2D eigenvalue weighted by molar-refractivity contribution is -0.137. The van der Waals surface area contributed by atoms with Gasteiger partial charge in [0.05, 0.1) is 6.54 Å². The molecule has 1 amide bonds. The molecule has 1 fully saturated rings. The number of carbonyl (C=O) groups is 2. The van der Waals surface area contributed by atoms with Crippen molar-refractivity contribution in [2.45, 2.75) is 58.5 Å². The van der Waals surface area contributed by atoms with E-state index in [1.54, 1.807) is 0 Å². The number of aliphatic carboxylic acids is 1. The van der Waals surface area contributed by atoms with Crippen LogP contribution in [0.2, 0.25) is 0 Å². The van der Waals surface area contributed by atoms with Crippen LogP contribution in [0.1, 0.15) is 63.6 Å². The Balaban J connectivity index is 0.000000471. The third-order valence-electron chi connectivity index (χ3n) is 4.38. The molecule has 1 saturated heterocycles. The fourth-order valence-electron chi connectivity index (χ4n) is 3.31. The Morgan fingerprint density at radius 2 is 1.96 bits per heavy atom. The Morgan fingerprint density at radius 3 is 2.54 bits per heavy atom. The van der Waals surface area contributed by atoms with E-state index in [1.807, 2.05) is 11.8 Å². The standard InChI is InChI=1S/C14H23N5O.C2H4O2/c1-3-8-18-9-12-16-17-13(11-4-6-15-7-5-11)19(12)10(2)14(18)20;1-2(3)4/h10-11,15H,3-9H2,1-2H3;1H3,(H,3,4)/t10-;/m0./s1. The van der Waals surface area contributed by atoms with Crippen molar-refractivity contribution in [3.8, 4) is 0 Å². The van der Waals surface area contributed by atoms with Crippen molar-refractivity contribution in [2.75, 3.05) is 19.6 Å². The molecular weight excluding hydrogens is 310 g/mol. The molecule has 1 aromatic rings. The highest BCUT2D eigenvalue weighted by molar-refractivity contribution is 5.81. The molecule has 8 nitrogen and oxygen atoms in total. The maximum absolute atomic E-state index is 12.4. The normalized spacial score (nSPS) is 21.0. The van der Waals surface area contributed by atoms with Gasteiger partial charge in [0.25, 0.3) is 5.97 Å². The molecule has 0 saturated carbocycles. The lowest BCUT2D eigenvalue weighted by Crippen LogP contribution is -2.43. The van der Waals surface area contributed by atoms with Crippen LogP contribution in [0.15, 0.2) is 0 Å². The first-order valence-electron chi connectivity index (χ1n) is 8.58. The van der Waals surface area contributed by atoms with Crippen LogP contribution in [0.4, 0.5) is 0 Å².